The summed E-state index contributed by atoms with van der Waals surface area (Å²) >= 11 is 1.71. The molecule has 4 nitrogen and oxygen atoms in total. The Bertz CT molecular complexity index is 470. The van der Waals surface area contributed by atoms with E-state index in [-0.39, 0.29) is 0 Å². The molecule has 0 atom stereocenters. The molecule has 2 heterocycles. The zero-order valence-corrected chi connectivity index (χ0v) is 10.0. The van der Waals surface area contributed by atoms with Crippen LogP contribution >= 0.6 is 11.3 Å². The van der Waals surface area contributed by atoms with Gasteiger partial charge in [-0.05, 0) is 28.8 Å². The van der Waals surface area contributed by atoms with Gasteiger partial charge in [-0.3, -0.25) is 0 Å². The summed E-state index contributed by atoms with van der Waals surface area (Å²) < 4.78 is 5.03. The lowest BCUT2D eigenvalue weighted by Gasteiger charge is -2.05. The van der Waals surface area contributed by atoms with Crippen LogP contribution in [0.15, 0.2) is 23.2 Å². The predicted octanol–water partition coefficient (Wildman–Crippen LogP) is 2.47. The summed E-state index contributed by atoms with van der Waals surface area (Å²) in [6.07, 6.45) is 1.49. The summed E-state index contributed by atoms with van der Waals surface area (Å²) in [7, 11) is 1.59. The van der Waals surface area contributed by atoms with E-state index in [9.17, 15) is 0 Å². The minimum absolute atomic E-state index is 0.569. The molecule has 0 saturated heterocycles. The lowest BCUT2D eigenvalue weighted by molar-refractivity contribution is 0.397. The lowest BCUT2D eigenvalue weighted by atomic mass is 10.2. The zero-order valence-electron chi connectivity index (χ0n) is 9.23. The van der Waals surface area contributed by atoms with E-state index in [1.165, 1.54) is 17.5 Å². The number of nitrogens with one attached hydrogen (secondary N) is 1. The van der Waals surface area contributed by atoms with Crippen LogP contribution in [-0.4, -0.2) is 17.1 Å². The molecule has 1 N–H and O–H groups in total. The van der Waals surface area contributed by atoms with E-state index in [1.807, 2.05) is 0 Å². The average molecular weight is 235 g/mol. The van der Waals surface area contributed by atoms with Crippen LogP contribution in [0.5, 0.6) is 5.88 Å². The smallest absolute Gasteiger partial charge is 0.218 e. The SMILES string of the molecule is COc1cc(NCc2cscc2C)ncn1. The topological polar surface area (TPSA) is 47.0 Å². The number of methoxy groups -OCH3 is 1. The summed E-state index contributed by atoms with van der Waals surface area (Å²) in [5, 5.41) is 7.51. The summed E-state index contributed by atoms with van der Waals surface area (Å²) in [4.78, 5) is 8.07. The molecular weight excluding hydrogens is 222 g/mol. The maximum Gasteiger partial charge on any atom is 0.218 e. The first kappa shape index (κ1) is 10.9. The first-order chi connectivity index (χ1) is 7.79. The molecule has 5 heteroatoms. The molecular formula is C11H13N3OS. The summed E-state index contributed by atoms with van der Waals surface area (Å²) in [5.74, 6) is 1.34. The van der Waals surface area contributed by atoms with E-state index in [2.05, 4.69) is 33.0 Å². The van der Waals surface area contributed by atoms with Gasteiger partial charge >= 0.3 is 0 Å². The minimum Gasteiger partial charge on any atom is -0.481 e. The second-order valence-electron chi connectivity index (χ2n) is 3.38. The molecule has 2 rings (SSSR count). The van der Waals surface area contributed by atoms with E-state index >= 15 is 0 Å². The van der Waals surface area contributed by atoms with Gasteiger partial charge in [0.1, 0.15) is 12.1 Å². The number of aryl methyl sites for hydroxylation is 1. The minimum atomic E-state index is 0.569. The number of nitrogens with zero attached hydrogens (tertiary/aromatic N) is 2. The number of hydrogen-bond acceptors (Lipinski definition) is 5. The molecule has 0 amide bonds. The van der Waals surface area contributed by atoms with Gasteiger partial charge in [-0.25, -0.2) is 9.97 Å². The molecule has 2 aromatic rings. The van der Waals surface area contributed by atoms with Crippen LogP contribution in [0.25, 0.3) is 0 Å². The number of hydrogen-bond donors (Lipinski definition) is 1. The number of ether oxygens (including phenoxy) is 1. The van der Waals surface area contributed by atoms with Crippen LogP contribution in [0.1, 0.15) is 11.1 Å². The summed E-state index contributed by atoms with van der Waals surface area (Å²) in [5.41, 5.74) is 2.60. The molecule has 2 aromatic heterocycles. The molecule has 0 aromatic carbocycles. The van der Waals surface area contributed by atoms with Gasteiger partial charge in [0.15, 0.2) is 0 Å². The molecule has 84 valence electrons. The lowest BCUT2D eigenvalue weighted by Crippen LogP contribution is -2.02. The van der Waals surface area contributed by atoms with Gasteiger partial charge in [0.25, 0.3) is 0 Å². The van der Waals surface area contributed by atoms with Crippen molar-refractivity contribution in [2.24, 2.45) is 0 Å². The molecule has 0 saturated carbocycles. The highest BCUT2D eigenvalue weighted by Crippen LogP contribution is 2.16. The van der Waals surface area contributed by atoms with Gasteiger partial charge in [-0.1, -0.05) is 0 Å². The van der Waals surface area contributed by atoms with Gasteiger partial charge in [-0.15, -0.1) is 0 Å². The maximum atomic E-state index is 5.03. The van der Waals surface area contributed by atoms with Gasteiger partial charge < -0.3 is 10.1 Å². The summed E-state index contributed by atoms with van der Waals surface area (Å²) in [6, 6.07) is 1.78. The molecule has 0 aliphatic carbocycles. The van der Waals surface area contributed by atoms with E-state index in [0.29, 0.717) is 5.88 Å². The molecule has 0 bridgehead atoms. The standard InChI is InChI=1S/C11H13N3OS/c1-8-5-16-6-9(8)4-12-10-3-11(15-2)14-7-13-10/h3,5-7H,4H2,1-2H3,(H,12,13,14). The van der Waals surface area contributed by atoms with Crippen LogP contribution in [0.2, 0.25) is 0 Å². The second kappa shape index (κ2) is 4.94. The van der Waals surface area contributed by atoms with E-state index in [0.717, 1.165) is 12.4 Å². The Kier molecular flexibility index (Phi) is 3.36. The van der Waals surface area contributed by atoms with E-state index in [1.54, 1.807) is 24.5 Å². The van der Waals surface area contributed by atoms with Crippen molar-refractivity contribution in [2.75, 3.05) is 12.4 Å². The third kappa shape index (κ3) is 2.49. The quantitative estimate of drug-likeness (QED) is 0.884. The molecule has 0 radical (unpaired) electrons. The summed E-state index contributed by atoms with van der Waals surface area (Å²) in [6.45, 7) is 2.88. The van der Waals surface area contributed by atoms with Crippen molar-refractivity contribution >= 4 is 17.2 Å². The largest absolute Gasteiger partial charge is 0.481 e. The molecule has 0 aliphatic heterocycles. The molecule has 0 spiro atoms. The van der Waals surface area contributed by atoms with Crippen molar-refractivity contribution in [3.8, 4) is 5.88 Å². The molecule has 0 fully saturated rings. The monoisotopic (exact) mass is 235 g/mol. The van der Waals surface area contributed by atoms with Crippen molar-refractivity contribution in [2.45, 2.75) is 13.5 Å². The highest BCUT2D eigenvalue weighted by Gasteiger charge is 2.01. The number of thiophene rings is 1. The first-order valence-electron chi connectivity index (χ1n) is 4.91. The Labute approximate surface area is 98.3 Å². The molecule has 0 unspecified atom stereocenters. The van der Waals surface area contributed by atoms with Gasteiger partial charge in [-0.2, -0.15) is 11.3 Å². The van der Waals surface area contributed by atoms with Crippen molar-refractivity contribution in [3.05, 3.63) is 34.3 Å². The zero-order chi connectivity index (χ0) is 11.4. The van der Waals surface area contributed by atoms with E-state index < -0.39 is 0 Å². The molecule has 0 aliphatic rings. The fraction of sp³-hybridized carbons (Fsp3) is 0.273. The van der Waals surface area contributed by atoms with Crippen LogP contribution in [-0.2, 0) is 6.54 Å². The number of anilines is 1. The predicted molar refractivity (Wildman–Crippen MR) is 65.0 cm³/mol. The van der Waals surface area contributed by atoms with Gasteiger partial charge in [0.05, 0.1) is 7.11 Å². The maximum absolute atomic E-state index is 5.03. The van der Waals surface area contributed by atoms with Crippen LogP contribution < -0.4 is 10.1 Å². The van der Waals surface area contributed by atoms with Crippen molar-refractivity contribution < 1.29 is 4.74 Å². The van der Waals surface area contributed by atoms with Gasteiger partial charge in [0.2, 0.25) is 5.88 Å². The normalized spacial score (nSPS) is 10.1. The van der Waals surface area contributed by atoms with Gasteiger partial charge in [0, 0.05) is 12.6 Å². The third-order valence-electron chi connectivity index (χ3n) is 2.27. The Morgan fingerprint density at radius 2 is 2.25 bits per heavy atom. The van der Waals surface area contributed by atoms with Crippen LogP contribution in [0, 0.1) is 6.92 Å². The number of rotatable bonds is 4. The third-order valence-corrected chi connectivity index (χ3v) is 3.18. The fourth-order valence-corrected chi connectivity index (χ4v) is 2.16. The van der Waals surface area contributed by atoms with Crippen molar-refractivity contribution in [1.29, 1.82) is 0 Å². The Hall–Kier alpha value is -1.62. The second-order valence-corrected chi connectivity index (χ2v) is 4.12. The van der Waals surface area contributed by atoms with Crippen molar-refractivity contribution in [3.63, 3.8) is 0 Å². The van der Waals surface area contributed by atoms with Crippen LogP contribution in [0.3, 0.4) is 0 Å². The Morgan fingerprint density at radius 1 is 1.38 bits per heavy atom. The molecule has 16 heavy (non-hydrogen) atoms. The van der Waals surface area contributed by atoms with Crippen LogP contribution in [0.4, 0.5) is 5.82 Å². The highest BCUT2D eigenvalue weighted by atomic mass is 32.1. The first-order valence-corrected chi connectivity index (χ1v) is 5.85. The Balaban J connectivity index is 2.02. The Morgan fingerprint density at radius 3 is 2.94 bits per heavy atom. The number of aromatic nitrogens is 2. The fourth-order valence-electron chi connectivity index (χ4n) is 1.30. The average Bonchev–Trinajstić information content (AvgIpc) is 2.72. The van der Waals surface area contributed by atoms with E-state index in [4.69, 9.17) is 4.74 Å². The highest BCUT2D eigenvalue weighted by molar-refractivity contribution is 7.08. The van der Waals surface area contributed by atoms with Crippen molar-refractivity contribution in [1.82, 2.24) is 9.97 Å².